The summed E-state index contributed by atoms with van der Waals surface area (Å²) in [6.45, 7) is 4.85. The molecule has 1 heterocycles. The Labute approximate surface area is 121 Å². The number of nitrogens with zero attached hydrogens (tertiary/aromatic N) is 1. The van der Waals surface area contributed by atoms with Crippen LogP contribution in [-0.2, 0) is 13.1 Å². The van der Waals surface area contributed by atoms with Crippen molar-refractivity contribution in [3.63, 3.8) is 0 Å². The van der Waals surface area contributed by atoms with Gasteiger partial charge in [0.2, 0.25) is 0 Å². The van der Waals surface area contributed by atoms with Crippen molar-refractivity contribution in [2.45, 2.75) is 26.4 Å². The number of aromatic nitrogens is 1. The standard InChI is InChI=1S/C15H18BrFN2/c1-2-6-18-9-13-5-7-19(11-13)10-12-3-4-15(17)14(16)8-12/h3-5,7-8,11,18H,2,6,9-10H2,1H3. The fourth-order valence-corrected chi connectivity index (χ4v) is 2.38. The molecule has 1 aromatic heterocycles. The molecule has 102 valence electrons. The minimum Gasteiger partial charge on any atom is -0.350 e. The highest BCUT2D eigenvalue weighted by molar-refractivity contribution is 9.10. The second-order valence-electron chi connectivity index (χ2n) is 4.62. The molecule has 0 aliphatic rings. The number of hydrogen-bond acceptors (Lipinski definition) is 1. The Morgan fingerprint density at radius 1 is 1.26 bits per heavy atom. The van der Waals surface area contributed by atoms with Crippen molar-refractivity contribution in [3.05, 3.63) is 58.1 Å². The SMILES string of the molecule is CCCNCc1ccn(Cc2ccc(F)c(Br)c2)c1. The predicted octanol–water partition coefficient (Wildman–Crippen LogP) is 3.94. The van der Waals surface area contributed by atoms with Crippen LogP contribution in [0.4, 0.5) is 4.39 Å². The van der Waals surface area contributed by atoms with Crippen molar-refractivity contribution in [2.75, 3.05) is 6.54 Å². The lowest BCUT2D eigenvalue weighted by atomic mass is 10.2. The summed E-state index contributed by atoms with van der Waals surface area (Å²) in [7, 11) is 0. The van der Waals surface area contributed by atoms with Crippen LogP contribution in [0.5, 0.6) is 0 Å². The van der Waals surface area contributed by atoms with E-state index in [9.17, 15) is 4.39 Å². The lowest BCUT2D eigenvalue weighted by molar-refractivity contribution is 0.619. The molecule has 0 aliphatic heterocycles. The molecular weight excluding hydrogens is 307 g/mol. The van der Waals surface area contributed by atoms with E-state index in [1.54, 1.807) is 0 Å². The average Bonchev–Trinajstić information content (AvgIpc) is 2.82. The van der Waals surface area contributed by atoms with Crippen LogP contribution in [-0.4, -0.2) is 11.1 Å². The molecule has 0 bridgehead atoms. The molecule has 0 spiro atoms. The summed E-state index contributed by atoms with van der Waals surface area (Å²) in [4.78, 5) is 0. The fraction of sp³-hybridized carbons (Fsp3) is 0.333. The highest BCUT2D eigenvalue weighted by Crippen LogP contribution is 2.17. The van der Waals surface area contributed by atoms with E-state index < -0.39 is 0 Å². The molecule has 0 radical (unpaired) electrons. The summed E-state index contributed by atoms with van der Waals surface area (Å²) in [6, 6.07) is 7.24. The van der Waals surface area contributed by atoms with Crippen LogP contribution in [0.2, 0.25) is 0 Å². The zero-order valence-corrected chi connectivity index (χ0v) is 12.6. The maximum absolute atomic E-state index is 13.2. The van der Waals surface area contributed by atoms with Gasteiger partial charge >= 0.3 is 0 Å². The third kappa shape index (κ3) is 4.18. The van der Waals surface area contributed by atoms with Gasteiger partial charge in [-0.1, -0.05) is 13.0 Å². The summed E-state index contributed by atoms with van der Waals surface area (Å²) >= 11 is 3.21. The van der Waals surface area contributed by atoms with Gasteiger partial charge < -0.3 is 9.88 Å². The molecule has 0 unspecified atom stereocenters. The van der Waals surface area contributed by atoms with Gasteiger partial charge in [-0.15, -0.1) is 0 Å². The van der Waals surface area contributed by atoms with Crippen molar-refractivity contribution in [1.29, 1.82) is 0 Å². The molecule has 2 aromatic rings. The number of hydrogen-bond donors (Lipinski definition) is 1. The topological polar surface area (TPSA) is 17.0 Å². The van der Waals surface area contributed by atoms with E-state index in [1.165, 1.54) is 11.6 Å². The van der Waals surface area contributed by atoms with E-state index in [2.05, 4.69) is 51.2 Å². The van der Waals surface area contributed by atoms with E-state index in [1.807, 2.05) is 12.1 Å². The van der Waals surface area contributed by atoms with Gasteiger partial charge in [0.25, 0.3) is 0 Å². The highest BCUT2D eigenvalue weighted by atomic mass is 79.9. The van der Waals surface area contributed by atoms with Gasteiger partial charge in [-0.05, 0) is 58.2 Å². The van der Waals surface area contributed by atoms with Gasteiger partial charge in [0.1, 0.15) is 5.82 Å². The van der Waals surface area contributed by atoms with Crippen molar-refractivity contribution in [3.8, 4) is 0 Å². The maximum atomic E-state index is 13.2. The molecule has 0 saturated heterocycles. The van der Waals surface area contributed by atoms with Gasteiger partial charge in [0, 0.05) is 25.5 Å². The fourth-order valence-electron chi connectivity index (χ4n) is 1.95. The molecule has 1 aromatic carbocycles. The zero-order valence-electron chi connectivity index (χ0n) is 11.0. The minimum atomic E-state index is -0.222. The van der Waals surface area contributed by atoms with Crippen LogP contribution in [0.1, 0.15) is 24.5 Å². The van der Waals surface area contributed by atoms with Gasteiger partial charge in [0.15, 0.2) is 0 Å². The zero-order chi connectivity index (χ0) is 13.7. The van der Waals surface area contributed by atoms with Crippen LogP contribution >= 0.6 is 15.9 Å². The van der Waals surface area contributed by atoms with Crippen molar-refractivity contribution in [1.82, 2.24) is 9.88 Å². The van der Waals surface area contributed by atoms with E-state index in [0.717, 1.165) is 31.6 Å². The molecule has 0 amide bonds. The lowest BCUT2D eigenvalue weighted by Gasteiger charge is -2.05. The van der Waals surface area contributed by atoms with Crippen LogP contribution in [0.3, 0.4) is 0 Å². The Kier molecular flexibility index (Phi) is 5.16. The monoisotopic (exact) mass is 324 g/mol. The van der Waals surface area contributed by atoms with E-state index in [0.29, 0.717) is 4.47 Å². The van der Waals surface area contributed by atoms with Crippen molar-refractivity contribution in [2.24, 2.45) is 0 Å². The smallest absolute Gasteiger partial charge is 0.137 e. The van der Waals surface area contributed by atoms with Crippen LogP contribution in [0.25, 0.3) is 0 Å². The summed E-state index contributed by atoms with van der Waals surface area (Å²) in [5.41, 5.74) is 2.35. The Balaban J connectivity index is 1.97. The number of nitrogens with one attached hydrogen (secondary N) is 1. The third-order valence-electron chi connectivity index (χ3n) is 2.92. The maximum Gasteiger partial charge on any atom is 0.137 e. The average molecular weight is 325 g/mol. The second kappa shape index (κ2) is 6.87. The van der Waals surface area contributed by atoms with Crippen LogP contribution < -0.4 is 5.32 Å². The summed E-state index contributed by atoms with van der Waals surface area (Å²) in [5.74, 6) is -0.222. The van der Waals surface area contributed by atoms with Gasteiger partial charge in [0.05, 0.1) is 4.47 Å². The number of rotatable bonds is 6. The Hall–Kier alpha value is -1.13. The van der Waals surface area contributed by atoms with E-state index >= 15 is 0 Å². The Bertz CT molecular complexity index is 537. The second-order valence-corrected chi connectivity index (χ2v) is 5.47. The lowest BCUT2D eigenvalue weighted by Crippen LogP contribution is -2.13. The molecule has 0 saturated carbocycles. The Morgan fingerprint density at radius 3 is 2.84 bits per heavy atom. The van der Waals surface area contributed by atoms with Crippen LogP contribution in [0, 0.1) is 5.82 Å². The van der Waals surface area contributed by atoms with E-state index in [4.69, 9.17) is 0 Å². The van der Waals surface area contributed by atoms with Crippen molar-refractivity contribution >= 4 is 15.9 Å². The molecule has 0 atom stereocenters. The predicted molar refractivity (Wildman–Crippen MR) is 79.6 cm³/mol. The first-order valence-corrected chi connectivity index (χ1v) is 7.27. The first kappa shape index (κ1) is 14.3. The number of halogens is 2. The summed E-state index contributed by atoms with van der Waals surface area (Å²) < 4.78 is 15.8. The van der Waals surface area contributed by atoms with Gasteiger partial charge in [-0.3, -0.25) is 0 Å². The first-order chi connectivity index (χ1) is 9.19. The third-order valence-corrected chi connectivity index (χ3v) is 3.52. The van der Waals surface area contributed by atoms with Gasteiger partial charge in [-0.25, -0.2) is 4.39 Å². The largest absolute Gasteiger partial charge is 0.350 e. The van der Waals surface area contributed by atoms with Gasteiger partial charge in [-0.2, -0.15) is 0 Å². The molecular formula is C15H18BrFN2. The normalized spacial score (nSPS) is 10.9. The van der Waals surface area contributed by atoms with E-state index in [-0.39, 0.29) is 5.82 Å². The molecule has 0 aliphatic carbocycles. The van der Waals surface area contributed by atoms with Crippen molar-refractivity contribution < 1.29 is 4.39 Å². The molecule has 4 heteroatoms. The molecule has 1 N–H and O–H groups in total. The summed E-state index contributed by atoms with van der Waals surface area (Å²) in [5, 5.41) is 3.37. The highest BCUT2D eigenvalue weighted by Gasteiger charge is 2.02. The Morgan fingerprint density at radius 2 is 2.11 bits per heavy atom. The number of benzene rings is 1. The molecule has 19 heavy (non-hydrogen) atoms. The first-order valence-electron chi connectivity index (χ1n) is 6.48. The quantitative estimate of drug-likeness (QED) is 0.796. The minimum absolute atomic E-state index is 0.222. The molecule has 2 rings (SSSR count). The molecule has 0 fully saturated rings. The molecule has 2 nitrogen and oxygen atoms in total. The summed E-state index contributed by atoms with van der Waals surface area (Å²) in [6.07, 6.45) is 5.32. The van der Waals surface area contributed by atoms with Crippen LogP contribution in [0.15, 0.2) is 41.1 Å².